The molecule has 0 amide bonds. The van der Waals surface area contributed by atoms with Crippen molar-refractivity contribution in [2.24, 2.45) is 0 Å². The van der Waals surface area contributed by atoms with Crippen LogP contribution in [0.1, 0.15) is 24.3 Å². The molecule has 1 heterocycles. The van der Waals surface area contributed by atoms with E-state index in [1.165, 1.54) is 18.4 Å². The Labute approximate surface area is 88.9 Å². The van der Waals surface area contributed by atoms with Gasteiger partial charge < -0.3 is 4.74 Å². The molecule has 0 aromatic heterocycles. The Morgan fingerprint density at radius 3 is 2.53 bits per heavy atom. The first-order valence-electron chi connectivity index (χ1n) is 5.42. The molecule has 1 atom stereocenters. The molecule has 1 saturated carbocycles. The lowest BCUT2D eigenvalue weighted by atomic mass is 10.1. The van der Waals surface area contributed by atoms with E-state index in [9.17, 15) is 0 Å². The van der Waals surface area contributed by atoms with Crippen molar-refractivity contribution in [3.63, 3.8) is 0 Å². The molecule has 3 rings (SSSR count). The molecule has 1 aromatic rings. The lowest BCUT2D eigenvalue weighted by Crippen LogP contribution is -2.36. The third kappa shape index (κ3) is 2.12. The molecule has 1 saturated heterocycles. The number of ether oxygens (including phenoxy) is 1. The predicted octanol–water partition coefficient (Wildman–Crippen LogP) is 0.881. The van der Waals surface area contributed by atoms with Gasteiger partial charge in [0.15, 0.2) is 6.23 Å². The summed E-state index contributed by atoms with van der Waals surface area (Å²) in [6.07, 6.45) is 2.70. The van der Waals surface area contributed by atoms with Crippen molar-refractivity contribution in [3.8, 4) is 5.75 Å². The normalized spacial score (nSPS) is 25.5. The quantitative estimate of drug-likeness (QED) is 0.685. The molecule has 2 fully saturated rings. The van der Waals surface area contributed by atoms with Crippen LogP contribution >= 0.6 is 0 Å². The number of benzene rings is 1. The highest BCUT2D eigenvalue weighted by atomic mass is 16.5. The van der Waals surface area contributed by atoms with Crippen molar-refractivity contribution in [1.82, 2.24) is 16.4 Å². The minimum absolute atomic E-state index is 0.0109. The van der Waals surface area contributed by atoms with Gasteiger partial charge >= 0.3 is 0 Å². The van der Waals surface area contributed by atoms with Crippen LogP contribution in [0.25, 0.3) is 0 Å². The van der Waals surface area contributed by atoms with Gasteiger partial charge in [0.2, 0.25) is 0 Å². The van der Waals surface area contributed by atoms with E-state index in [2.05, 4.69) is 28.5 Å². The van der Waals surface area contributed by atoms with E-state index < -0.39 is 0 Å². The number of hydrazine groups is 2. The zero-order chi connectivity index (χ0) is 10.1. The maximum Gasteiger partial charge on any atom is 0.177 e. The molecule has 80 valence electrons. The highest BCUT2D eigenvalue weighted by Gasteiger charge is 2.23. The Morgan fingerprint density at radius 2 is 1.93 bits per heavy atom. The zero-order valence-corrected chi connectivity index (χ0v) is 8.49. The summed E-state index contributed by atoms with van der Waals surface area (Å²) in [5.41, 5.74) is 10.2. The molecule has 0 bridgehead atoms. The highest BCUT2D eigenvalue weighted by Crippen LogP contribution is 2.40. The van der Waals surface area contributed by atoms with Crippen molar-refractivity contribution in [2.75, 3.05) is 6.54 Å². The predicted molar refractivity (Wildman–Crippen MR) is 57.1 cm³/mol. The molecule has 4 nitrogen and oxygen atoms in total. The smallest absolute Gasteiger partial charge is 0.177 e. The van der Waals surface area contributed by atoms with E-state index in [0.29, 0.717) is 0 Å². The molecule has 0 spiro atoms. The van der Waals surface area contributed by atoms with E-state index in [0.717, 1.165) is 18.2 Å². The molecule has 1 aliphatic heterocycles. The van der Waals surface area contributed by atoms with Gasteiger partial charge in [0.1, 0.15) is 5.75 Å². The van der Waals surface area contributed by atoms with Crippen molar-refractivity contribution in [1.29, 1.82) is 0 Å². The summed E-state index contributed by atoms with van der Waals surface area (Å²) in [4.78, 5) is 0. The average Bonchev–Trinajstić information content (AvgIpc) is 2.99. The third-order valence-electron chi connectivity index (χ3n) is 2.82. The van der Waals surface area contributed by atoms with Crippen LogP contribution in [0, 0.1) is 0 Å². The first-order valence-corrected chi connectivity index (χ1v) is 5.42. The molecule has 1 aliphatic carbocycles. The van der Waals surface area contributed by atoms with Crippen molar-refractivity contribution in [2.45, 2.75) is 25.0 Å². The van der Waals surface area contributed by atoms with E-state index >= 15 is 0 Å². The summed E-state index contributed by atoms with van der Waals surface area (Å²) in [7, 11) is 0. The van der Waals surface area contributed by atoms with Crippen LogP contribution < -0.4 is 21.1 Å². The molecule has 1 aromatic carbocycles. The Kier molecular flexibility index (Phi) is 2.32. The van der Waals surface area contributed by atoms with Gasteiger partial charge in [-0.2, -0.15) is 5.53 Å². The van der Waals surface area contributed by atoms with Gasteiger partial charge in [-0.15, -0.1) is 0 Å². The number of hydrogen-bond donors (Lipinski definition) is 3. The Morgan fingerprint density at radius 1 is 1.13 bits per heavy atom. The molecular formula is C11H15N3O. The second-order valence-corrected chi connectivity index (χ2v) is 4.10. The molecule has 0 radical (unpaired) electrons. The fourth-order valence-corrected chi connectivity index (χ4v) is 1.80. The summed E-state index contributed by atoms with van der Waals surface area (Å²) in [5, 5.41) is 0. The van der Waals surface area contributed by atoms with Crippen LogP contribution in [0.2, 0.25) is 0 Å². The largest absolute Gasteiger partial charge is 0.473 e. The average molecular weight is 205 g/mol. The molecule has 15 heavy (non-hydrogen) atoms. The highest BCUT2D eigenvalue weighted by molar-refractivity contribution is 5.31. The molecule has 1 unspecified atom stereocenters. The topological polar surface area (TPSA) is 45.3 Å². The second-order valence-electron chi connectivity index (χ2n) is 4.10. The Hall–Kier alpha value is -1.10. The summed E-state index contributed by atoms with van der Waals surface area (Å²) >= 11 is 0. The second kappa shape index (κ2) is 3.81. The van der Waals surface area contributed by atoms with E-state index in [4.69, 9.17) is 4.74 Å². The van der Waals surface area contributed by atoms with Crippen molar-refractivity contribution < 1.29 is 4.74 Å². The third-order valence-corrected chi connectivity index (χ3v) is 2.82. The van der Waals surface area contributed by atoms with E-state index in [-0.39, 0.29) is 6.23 Å². The fraction of sp³-hybridized carbons (Fsp3) is 0.455. The summed E-state index contributed by atoms with van der Waals surface area (Å²) in [6, 6.07) is 8.44. The van der Waals surface area contributed by atoms with Crippen molar-refractivity contribution in [3.05, 3.63) is 29.8 Å². The van der Waals surface area contributed by atoms with Gasteiger partial charge in [0, 0.05) is 0 Å². The summed E-state index contributed by atoms with van der Waals surface area (Å²) < 4.78 is 5.69. The molecule has 3 N–H and O–H groups in total. The first kappa shape index (κ1) is 9.15. The van der Waals surface area contributed by atoms with Crippen LogP contribution in [0.15, 0.2) is 24.3 Å². The minimum Gasteiger partial charge on any atom is -0.473 e. The van der Waals surface area contributed by atoms with E-state index in [1.807, 2.05) is 12.1 Å². The van der Waals surface area contributed by atoms with Crippen LogP contribution in [0.3, 0.4) is 0 Å². The monoisotopic (exact) mass is 205 g/mol. The van der Waals surface area contributed by atoms with E-state index in [1.54, 1.807) is 0 Å². The standard InChI is InChI=1S/C11H15N3O/c1-2-8(1)9-3-5-10(6-4-9)15-11-7-12-14-13-11/h3-6,8,11-14H,1-2,7H2. The summed E-state index contributed by atoms with van der Waals surface area (Å²) in [6.45, 7) is 0.768. The van der Waals surface area contributed by atoms with Crippen LogP contribution in [-0.4, -0.2) is 12.8 Å². The Bertz CT molecular complexity index is 328. The number of hydrogen-bond acceptors (Lipinski definition) is 4. The van der Waals surface area contributed by atoms with Gasteiger partial charge in [-0.1, -0.05) is 12.1 Å². The van der Waals surface area contributed by atoms with Gasteiger partial charge in [-0.25, -0.2) is 10.9 Å². The molecule has 4 heteroatoms. The SMILES string of the molecule is c1cc(C2CC2)ccc1OC1CNNN1. The number of nitrogens with one attached hydrogen (secondary N) is 3. The lowest BCUT2D eigenvalue weighted by Gasteiger charge is -2.12. The minimum atomic E-state index is 0.0109. The van der Waals surface area contributed by atoms with Crippen LogP contribution in [-0.2, 0) is 0 Å². The van der Waals surface area contributed by atoms with Gasteiger partial charge in [-0.05, 0) is 36.5 Å². The molecule has 2 aliphatic rings. The van der Waals surface area contributed by atoms with Crippen LogP contribution in [0.5, 0.6) is 5.75 Å². The maximum atomic E-state index is 5.69. The van der Waals surface area contributed by atoms with Gasteiger partial charge in [-0.3, -0.25) is 0 Å². The first-order chi connectivity index (χ1) is 7.42. The molecular weight excluding hydrogens is 190 g/mol. The maximum absolute atomic E-state index is 5.69. The zero-order valence-electron chi connectivity index (χ0n) is 8.49. The lowest BCUT2D eigenvalue weighted by molar-refractivity contribution is 0.191. The fourth-order valence-electron chi connectivity index (χ4n) is 1.80. The van der Waals surface area contributed by atoms with Gasteiger partial charge in [0.05, 0.1) is 6.54 Å². The van der Waals surface area contributed by atoms with Crippen LogP contribution in [0.4, 0.5) is 0 Å². The number of rotatable bonds is 3. The Balaban J connectivity index is 1.64. The summed E-state index contributed by atoms with van der Waals surface area (Å²) in [5.74, 6) is 1.73. The van der Waals surface area contributed by atoms with Crippen molar-refractivity contribution >= 4 is 0 Å². The van der Waals surface area contributed by atoms with Gasteiger partial charge in [0.25, 0.3) is 0 Å².